The molecule has 0 saturated carbocycles. The molecule has 0 radical (unpaired) electrons. The molecule has 2 aromatic rings. The second kappa shape index (κ2) is 7.34. The first-order valence-electron chi connectivity index (χ1n) is 7.09. The summed E-state index contributed by atoms with van der Waals surface area (Å²) in [5.74, 6) is -6.27. The van der Waals surface area contributed by atoms with Crippen molar-refractivity contribution in [1.29, 1.82) is 0 Å². The van der Waals surface area contributed by atoms with E-state index in [1.54, 1.807) is 17.5 Å². The second-order valence-corrected chi connectivity index (χ2v) is 7.03. The van der Waals surface area contributed by atoms with E-state index >= 15 is 0 Å². The van der Waals surface area contributed by atoms with Crippen molar-refractivity contribution >= 4 is 51.9 Å². The van der Waals surface area contributed by atoms with Crippen molar-refractivity contribution in [2.75, 3.05) is 11.9 Å². The van der Waals surface area contributed by atoms with Gasteiger partial charge in [0.1, 0.15) is 6.54 Å². The molecule has 1 N–H and O–H groups in total. The topological polar surface area (TPSA) is 66.5 Å². The lowest BCUT2D eigenvalue weighted by atomic mass is 10.2. The van der Waals surface area contributed by atoms with Crippen molar-refractivity contribution in [3.8, 4) is 0 Å². The zero-order valence-electron chi connectivity index (χ0n) is 12.8. The number of nitrogens with one attached hydrogen (secondary N) is 1. The molecule has 26 heavy (non-hydrogen) atoms. The molecule has 3 amide bonds. The Morgan fingerprint density at radius 3 is 2.62 bits per heavy atom. The van der Waals surface area contributed by atoms with E-state index in [2.05, 4.69) is 0 Å². The predicted molar refractivity (Wildman–Crippen MR) is 91.9 cm³/mol. The molecule has 0 bridgehead atoms. The molecule has 0 spiro atoms. The smallest absolute Gasteiger partial charge is 0.294 e. The predicted octanol–water partition coefficient (Wildman–Crippen LogP) is 3.84. The molecule has 0 unspecified atom stereocenters. The van der Waals surface area contributed by atoms with Crippen LogP contribution in [0.1, 0.15) is 4.88 Å². The van der Waals surface area contributed by atoms with Crippen LogP contribution in [0.15, 0.2) is 34.6 Å². The summed E-state index contributed by atoms with van der Waals surface area (Å²) in [6.07, 6.45) is 1.53. The Labute approximate surface area is 153 Å². The summed E-state index contributed by atoms with van der Waals surface area (Å²) in [6.45, 7) is -0.676. The molecule has 10 heteroatoms. The molecule has 5 nitrogen and oxygen atoms in total. The Kier molecular flexibility index (Phi) is 5.14. The van der Waals surface area contributed by atoms with Crippen LogP contribution >= 0.6 is 23.1 Å². The fraction of sp³-hybridized carbons (Fsp3) is 0.0625. The van der Waals surface area contributed by atoms with Crippen molar-refractivity contribution in [1.82, 2.24) is 4.90 Å². The zero-order chi connectivity index (χ0) is 18.8. The molecule has 1 aliphatic rings. The van der Waals surface area contributed by atoms with E-state index in [1.807, 2.05) is 5.32 Å². The fourth-order valence-corrected chi connectivity index (χ4v) is 3.66. The summed E-state index contributed by atoms with van der Waals surface area (Å²) in [5, 5.41) is 3.16. The third kappa shape index (κ3) is 3.65. The van der Waals surface area contributed by atoms with Crippen LogP contribution in [0.4, 0.5) is 23.7 Å². The maximum absolute atomic E-state index is 13.6. The number of hydrogen-bond donors (Lipinski definition) is 1. The summed E-state index contributed by atoms with van der Waals surface area (Å²) >= 11 is 2.05. The van der Waals surface area contributed by atoms with Gasteiger partial charge in [-0.15, -0.1) is 11.3 Å². The second-order valence-electron chi connectivity index (χ2n) is 5.05. The zero-order valence-corrected chi connectivity index (χ0v) is 14.4. The number of benzene rings is 1. The highest BCUT2D eigenvalue weighted by atomic mass is 32.2. The van der Waals surface area contributed by atoms with E-state index in [1.165, 1.54) is 17.4 Å². The van der Waals surface area contributed by atoms with Crippen LogP contribution in [0.3, 0.4) is 0 Å². The highest BCUT2D eigenvalue weighted by molar-refractivity contribution is 8.18. The molecule has 1 aliphatic heterocycles. The lowest BCUT2D eigenvalue weighted by molar-refractivity contribution is -0.127. The van der Waals surface area contributed by atoms with Crippen molar-refractivity contribution in [2.45, 2.75) is 0 Å². The third-order valence-electron chi connectivity index (χ3n) is 3.30. The average Bonchev–Trinajstić information content (AvgIpc) is 3.20. The molecule has 1 fully saturated rings. The third-order valence-corrected chi connectivity index (χ3v) is 5.03. The normalized spacial score (nSPS) is 15.8. The van der Waals surface area contributed by atoms with Crippen molar-refractivity contribution in [2.24, 2.45) is 0 Å². The van der Waals surface area contributed by atoms with Gasteiger partial charge in [-0.1, -0.05) is 6.07 Å². The monoisotopic (exact) mass is 398 g/mol. The Morgan fingerprint density at radius 2 is 1.92 bits per heavy atom. The molecule has 1 aromatic heterocycles. The van der Waals surface area contributed by atoms with E-state index in [0.717, 1.165) is 10.9 Å². The van der Waals surface area contributed by atoms with Crippen LogP contribution in [-0.4, -0.2) is 28.5 Å². The number of thiophene rings is 1. The molecule has 2 heterocycles. The van der Waals surface area contributed by atoms with Gasteiger partial charge in [-0.2, -0.15) is 0 Å². The van der Waals surface area contributed by atoms with Gasteiger partial charge in [0.05, 0.1) is 10.6 Å². The number of hydrogen-bond acceptors (Lipinski definition) is 5. The van der Waals surface area contributed by atoms with E-state index < -0.39 is 46.7 Å². The number of amides is 3. The Morgan fingerprint density at radius 1 is 1.15 bits per heavy atom. The van der Waals surface area contributed by atoms with Gasteiger partial charge in [0, 0.05) is 4.88 Å². The van der Waals surface area contributed by atoms with Gasteiger partial charge < -0.3 is 5.32 Å². The van der Waals surface area contributed by atoms with Gasteiger partial charge in [0.25, 0.3) is 11.1 Å². The van der Waals surface area contributed by atoms with Crippen LogP contribution < -0.4 is 5.32 Å². The largest absolute Gasteiger partial charge is 0.322 e. The minimum Gasteiger partial charge on any atom is -0.322 e. The van der Waals surface area contributed by atoms with Gasteiger partial charge in [0.15, 0.2) is 17.5 Å². The standard InChI is InChI=1S/C16H9F3N2O3S2/c17-9-3-4-10(14(19)13(9)18)20-12(22)7-21-15(23)11(26-16(21)24)6-8-2-1-5-25-8/h1-6H,7H2,(H,20,22)/b11-6+. The van der Waals surface area contributed by atoms with Crippen molar-refractivity contribution < 1.29 is 27.6 Å². The molecular formula is C16H9F3N2O3S2. The molecule has 3 rings (SSSR count). The minimum atomic E-state index is -1.73. The number of thioether (sulfide) groups is 1. The van der Waals surface area contributed by atoms with Crippen LogP contribution in [-0.2, 0) is 9.59 Å². The first-order valence-corrected chi connectivity index (χ1v) is 8.78. The average molecular weight is 398 g/mol. The first kappa shape index (κ1) is 18.2. The molecule has 1 saturated heterocycles. The van der Waals surface area contributed by atoms with Crippen LogP contribution in [0.25, 0.3) is 6.08 Å². The fourth-order valence-electron chi connectivity index (χ4n) is 2.09. The Bertz CT molecular complexity index is 929. The van der Waals surface area contributed by atoms with Gasteiger partial charge in [-0.05, 0) is 41.4 Å². The van der Waals surface area contributed by atoms with E-state index in [9.17, 15) is 27.6 Å². The summed E-state index contributed by atoms with van der Waals surface area (Å²) in [5.41, 5.74) is -0.588. The minimum absolute atomic E-state index is 0.157. The summed E-state index contributed by atoms with van der Waals surface area (Å²) in [6, 6.07) is 5.04. The SMILES string of the molecule is O=C(CN1C(=O)S/C(=C/c2cccs2)C1=O)Nc1ccc(F)c(F)c1F. The van der Waals surface area contributed by atoms with E-state index in [0.29, 0.717) is 22.7 Å². The number of halogens is 3. The lowest BCUT2D eigenvalue weighted by Crippen LogP contribution is -2.36. The lowest BCUT2D eigenvalue weighted by Gasteiger charge is -2.13. The molecule has 0 atom stereocenters. The number of carbonyl (C=O) groups is 3. The Balaban J connectivity index is 1.71. The molecular weight excluding hydrogens is 389 g/mol. The number of nitrogens with zero attached hydrogens (tertiary/aromatic N) is 1. The number of carbonyl (C=O) groups excluding carboxylic acids is 3. The highest BCUT2D eigenvalue weighted by Gasteiger charge is 2.36. The van der Waals surface area contributed by atoms with Gasteiger partial charge in [0.2, 0.25) is 5.91 Å². The van der Waals surface area contributed by atoms with Gasteiger partial charge in [-0.25, -0.2) is 13.2 Å². The van der Waals surface area contributed by atoms with E-state index in [-0.39, 0.29) is 4.91 Å². The molecule has 0 aliphatic carbocycles. The number of rotatable bonds is 4. The maximum Gasteiger partial charge on any atom is 0.294 e. The van der Waals surface area contributed by atoms with E-state index in [4.69, 9.17) is 0 Å². The van der Waals surface area contributed by atoms with Crippen molar-refractivity contribution in [3.05, 3.63) is 56.9 Å². The summed E-state index contributed by atoms with van der Waals surface area (Å²) < 4.78 is 39.6. The summed E-state index contributed by atoms with van der Waals surface area (Å²) in [4.78, 5) is 37.8. The first-order chi connectivity index (χ1) is 12.4. The maximum atomic E-state index is 13.6. The number of imide groups is 1. The summed E-state index contributed by atoms with van der Waals surface area (Å²) in [7, 11) is 0. The van der Waals surface area contributed by atoms with Crippen LogP contribution in [0.5, 0.6) is 0 Å². The quantitative estimate of drug-likeness (QED) is 0.628. The van der Waals surface area contributed by atoms with Crippen LogP contribution in [0.2, 0.25) is 0 Å². The van der Waals surface area contributed by atoms with Crippen molar-refractivity contribution in [3.63, 3.8) is 0 Å². The van der Waals surface area contributed by atoms with Gasteiger partial charge >= 0.3 is 0 Å². The molecule has 134 valence electrons. The Hall–Kier alpha value is -2.59. The van der Waals surface area contributed by atoms with Crippen LogP contribution in [0, 0.1) is 17.5 Å². The van der Waals surface area contributed by atoms with Gasteiger partial charge in [-0.3, -0.25) is 19.3 Å². The molecule has 1 aromatic carbocycles. The highest BCUT2D eigenvalue weighted by Crippen LogP contribution is 2.32. The number of anilines is 1.